The highest BCUT2D eigenvalue weighted by molar-refractivity contribution is 7.98. The molecule has 1 aliphatic heterocycles. The van der Waals surface area contributed by atoms with Crippen LogP contribution in [-0.2, 0) is 16.1 Å². The maximum atomic E-state index is 14.3. The van der Waals surface area contributed by atoms with Crippen LogP contribution in [0.25, 0.3) is 11.8 Å². The van der Waals surface area contributed by atoms with Crippen molar-refractivity contribution in [3.05, 3.63) is 149 Å². The van der Waals surface area contributed by atoms with Gasteiger partial charge in [0.05, 0.1) is 40.6 Å². The van der Waals surface area contributed by atoms with Crippen LogP contribution < -0.4 is 24.4 Å². The Balaban J connectivity index is 1.49. The minimum atomic E-state index is -0.768. The monoisotopic (exact) mass is 716 g/mol. The number of halogens is 2. The molecule has 0 saturated heterocycles. The second kappa shape index (κ2) is 14.9. The molecular formula is C37H30Cl2N2O5S2. The summed E-state index contributed by atoms with van der Waals surface area (Å²) in [5.74, 6) is 0.269. The van der Waals surface area contributed by atoms with Crippen molar-refractivity contribution in [2.24, 2.45) is 4.99 Å². The average Bonchev–Trinajstić information content (AvgIpc) is 3.41. The number of methoxy groups -OCH3 is 1. The summed E-state index contributed by atoms with van der Waals surface area (Å²) in [6.07, 6.45) is 3.74. The van der Waals surface area contributed by atoms with Crippen LogP contribution >= 0.6 is 46.3 Å². The molecule has 0 aliphatic carbocycles. The second-order valence-electron chi connectivity index (χ2n) is 10.7. The molecule has 2 heterocycles. The predicted octanol–water partition coefficient (Wildman–Crippen LogP) is 7.55. The third-order valence-electron chi connectivity index (χ3n) is 7.65. The zero-order valence-corrected chi connectivity index (χ0v) is 29.4. The number of thioether (sulfide) groups is 1. The van der Waals surface area contributed by atoms with Crippen molar-refractivity contribution in [3.8, 4) is 11.5 Å². The van der Waals surface area contributed by atoms with E-state index in [1.807, 2.05) is 73.0 Å². The number of aromatic nitrogens is 1. The Bertz CT molecular complexity index is 2180. The molecule has 0 N–H and O–H groups in total. The molecule has 4 aromatic carbocycles. The van der Waals surface area contributed by atoms with Crippen LogP contribution in [0.15, 0.2) is 111 Å². The summed E-state index contributed by atoms with van der Waals surface area (Å²) in [5.41, 5.74) is 3.52. The van der Waals surface area contributed by atoms with Gasteiger partial charge in [0.2, 0.25) is 0 Å². The largest absolute Gasteiger partial charge is 0.493 e. The molecule has 7 nitrogen and oxygen atoms in total. The molecule has 244 valence electrons. The highest BCUT2D eigenvalue weighted by atomic mass is 35.5. The number of thiazole rings is 1. The molecule has 0 unspecified atom stereocenters. The first-order valence-electron chi connectivity index (χ1n) is 15.0. The molecule has 48 heavy (non-hydrogen) atoms. The molecule has 11 heteroatoms. The summed E-state index contributed by atoms with van der Waals surface area (Å²) >= 11 is 15.6. The van der Waals surface area contributed by atoms with Gasteiger partial charge in [0.1, 0.15) is 6.61 Å². The van der Waals surface area contributed by atoms with Gasteiger partial charge in [-0.3, -0.25) is 9.36 Å². The van der Waals surface area contributed by atoms with Gasteiger partial charge in [0.25, 0.3) is 5.56 Å². The van der Waals surface area contributed by atoms with Gasteiger partial charge in [-0.15, -0.1) is 11.8 Å². The normalized spacial score (nSPS) is 14.4. The van der Waals surface area contributed by atoms with Crippen molar-refractivity contribution in [1.82, 2.24) is 4.57 Å². The number of hydrogen-bond acceptors (Lipinski definition) is 8. The van der Waals surface area contributed by atoms with Gasteiger partial charge >= 0.3 is 5.97 Å². The molecule has 0 fully saturated rings. The SMILES string of the molecule is CCOC(=O)C1=C(c2ccccc2)N=c2s/c(=C\c3cc(Cl)c(OCc4ccc(Cl)cc4)c(OC)c3)c(=O)n2[C@H]1c1ccc(SC)cc1. The molecule has 0 spiro atoms. The van der Waals surface area contributed by atoms with Gasteiger partial charge in [-0.1, -0.05) is 89.1 Å². The van der Waals surface area contributed by atoms with E-state index in [1.165, 1.54) is 18.4 Å². The fraction of sp³-hybridized carbons (Fsp3) is 0.162. The first kappa shape index (κ1) is 33.6. The minimum absolute atomic E-state index is 0.176. The number of carbonyl (C=O) groups excluding carboxylic acids is 1. The number of nitrogens with zero attached hydrogens (tertiary/aromatic N) is 2. The maximum Gasteiger partial charge on any atom is 0.338 e. The average molecular weight is 718 g/mol. The van der Waals surface area contributed by atoms with Gasteiger partial charge in [0, 0.05) is 15.5 Å². The van der Waals surface area contributed by atoms with Crippen LogP contribution in [0.2, 0.25) is 10.0 Å². The molecule has 1 atom stereocenters. The topological polar surface area (TPSA) is 79.1 Å². The van der Waals surface area contributed by atoms with Gasteiger partial charge in [-0.05, 0) is 72.3 Å². The van der Waals surface area contributed by atoms with Crippen LogP contribution in [0.5, 0.6) is 11.5 Å². The van der Waals surface area contributed by atoms with Crippen molar-refractivity contribution in [3.63, 3.8) is 0 Å². The molecule has 0 bridgehead atoms. The van der Waals surface area contributed by atoms with Crippen molar-refractivity contribution in [1.29, 1.82) is 0 Å². The Labute approximate surface area is 295 Å². The Hall–Kier alpha value is -4.28. The van der Waals surface area contributed by atoms with Crippen LogP contribution in [0.1, 0.15) is 35.2 Å². The number of fused-ring (bicyclic) bond motifs is 1. The summed E-state index contributed by atoms with van der Waals surface area (Å²) in [7, 11) is 1.53. The summed E-state index contributed by atoms with van der Waals surface area (Å²) in [6.45, 7) is 2.19. The quantitative estimate of drug-likeness (QED) is 0.110. The first-order valence-corrected chi connectivity index (χ1v) is 17.8. The molecular weight excluding hydrogens is 687 g/mol. The van der Waals surface area contributed by atoms with Gasteiger partial charge in [-0.2, -0.15) is 0 Å². The number of hydrogen-bond donors (Lipinski definition) is 0. The Morgan fingerprint density at radius 2 is 1.75 bits per heavy atom. The summed E-state index contributed by atoms with van der Waals surface area (Å²) < 4.78 is 19.2. The van der Waals surface area contributed by atoms with Gasteiger partial charge < -0.3 is 14.2 Å². The number of benzene rings is 4. The number of ether oxygens (including phenoxy) is 3. The fourth-order valence-corrected chi connectivity index (χ4v) is 7.20. The molecule has 1 aromatic heterocycles. The van der Waals surface area contributed by atoms with Crippen LogP contribution in [0, 0.1) is 0 Å². The van der Waals surface area contributed by atoms with E-state index >= 15 is 0 Å². The molecule has 0 saturated carbocycles. The zero-order valence-electron chi connectivity index (χ0n) is 26.2. The van der Waals surface area contributed by atoms with Gasteiger partial charge in [0.15, 0.2) is 16.3 Å². The van der Waals surface area contributed by atoms with E-state index in [1.54, 1.807) is 53.6 Å². The van der Waals surface area contributed by atoms with E-state index < -0.39 is 12.0 Å². The lowest BCUT2D eigenvalue weighted by Crippen LogP contribution is -2.40. The van der Waals surface area contributed by atoms with Crippen molar-refractivity contribution < 1.29 is 19.0 Å². The van der Waals surface area contributed by atoms with Crippen molar-refractivity contribution in [2.45, 2.75) is 24.5 Å². The van der Waals surface area contributed by atoms with E-state index in [-0.39, 0.29) is 18.8 Å². The Morgan fingerprint density at radius 1 is 1.02 bits per heavy atom. The summed E-state index contributed by atoms with van der Waals surface area (Å²) in [6, 6.07) is 27.3. The molecule has 0 radical (unpaired) electrons. The lowest BCUT2D eigenvalue weighted by molar-refractivity contribution is -0.138. The molecule has 5 aromatic rings. The van der Waals surface area contributed by atoms with Gasteiger partial charge in [-0.25, -0.2) is 9.79 Å². The molecule has 6 rings (SSSR count). The van der Waals surface area contributed by atoms with E-state index in [2.05, 4.69) is 0 Å². The number of rotatable bonds is 10. The predicted molar refractivity (Wildman–Crippen MR) is 193 cm³/mol. The van der Waals surface area contributed by atoms with Crippen molar-refractivity contribution >= 4 is 64.0 Å². The lowest BCUT2D eigenvalue weighted by atomic mass is 9.93. The number of carbonyl (C=O) groups is 1. The fourth-order valence-electron chi connectivity index (χ4n) is 5.39. The second-order valence-corrected chi connectivity index (χ2v) is 13.4. The van der Waals surface area contributed by atoms with Crippen LogP contribution in [-0.4, -0.2) is 30.5 Å². The standard InChI is InChI=1S/C37H30Cl2N2O5S2/c1-4-45-36(43)31-32(24-8-6-5-7-9-24)40-37-41(33(31)25-12-16-27(47-3)17-13-25)35(42)30(48-37)20-23-18-28(39)34(29(19-23)44-2)46-21-22-10-14-26(38)15-11-22/h5-20,33H,4,21H2,1-3H3/b30-20-/t33-/m0/s1. The highest BCUT2D eigenvalue weighted by Crippen LogP contribution is 2.38. The van der Waals surface area contributed by atoms with Crippen LogP contribution in [0.3, 0.4) is 0 Å². The Morgan fingerprint density at radius 3 is 2.42 bits per heavy atom. The third kappa shape index (κ3) is 6.96. The molecule has 0 amide bonds. The van der Waals surface area contributed by atoms with Crippen molar-refractivity contribution in [2.75, 3.05) is 20.0 Å². The third-order valence-corrected chi connectivity index (χ3v) is 9.91. The van der Waals surface area contributed by atoms with E-state index in [9.17, 15) is 9.59 Å². The number of esters is 1. The zero-order chi connectivity index (χ0) is 33.8. The summed E-state index contributed by atoms with van der Waals surface area (Å²) in [4.78, 5) is 34.4. The minimum Gasteiger partial charge on any atom is -0.493 e. The molecule has 1 aliphatic rings. The highest BCUT2D eigenvalue weighted by Gasteiger charge is 2.35. The van der Waals surface area contributed by atoms with E-state index in [0.717, 1.165) is 21.6 Å². The smallest absolute Gasteiger partial charge is 0.338 e. The maximum absolute atomic E-state index is 14.3. The first-order chi connectivity index (χ1) is 23.3. The lowest BCUT2D eigenvalue weighted by Gasteiger charge is -2.26. The summed E-state index contributed by atoms with van der Waals surface area (Å²) in [5, 5.41) is 0.960. The van der Waals surface area contributed by atoms with E-state index in [4.69, 9.17) is 42.4 Å². The Kier molecular flexibility index (Phi) is 10.4. The van der Waals surface area contributed by atoms with Crippen LogP contribution in [0.4, 0.5) is 0 Å². The van der Waals surface area contributed by atoms with E-state index in [0.29, 0.717) is 47.7 Å².